The monoisotopic (exact) mass is 346 g/mol. The number of aromatic nitrogens is 2. The number of hydrogen-bond acceptors (Lipinski definition) is 3. The highest BCUT2D eigenvalue weighted by molar-refractivity contribution is 7.90. The van der Waals surface area contributed by atoms with Crippen molar-refractivity contribution in [3.05, 3.63) is 65.6 Å². The van der Waals surface area contributed by atoms with Crippen molar-refractivity contribution in [3.8, 4) is 16.9 Å². The lowest BCUT2D eigenvalue weighted by atomic mass is 10.1. The normalized spacial score (nSPS) is 11.6. The number of hydrogen-bond donors (Lipinski definition) is 0. The molecular formula is C17H15ClN2O2S. The maximum atomic E-state index is 11.6. The molecule has 0 atom stereocenters. The molecule has 6 heteroatoms. The first kappa shape index (κ1) is 15.8. The summed E-state index contributed by atoms with van der Waals surface area (Å²) in [7, 11) is -3.20. The topological polar surface area (TPSA) is 52.0 Å². The van der Waals surface area contributed by atoms with Crippen LogP contribution in [0, 0.1) is 6.92 Å². The lowest BCUT2D eigenvalue weighted by Gasteiger charge is -2.10. The Labute approximate surface area is 140 Å². The second-order valence-corrected chi connectivity index (χ2v) is 7.80. The zero-order chi connectivity index (χ0) is 16.6. The van der Waals surface area contributed by atoms with Gasteiger partial charge in [0, 0.05) is 22.5 Å². The molecule has 0 fully saturated rings. The Morgan fingerprint density at radius 2 is 1.78 bits per heavy atom. The van der Waals surface area contributed by atoms with Gasteiger partial charge in [-0.05, 0) is 42.8 Å². The minimum Gasteiger partial charge on any atom is -0.299 e. The maximum absolute atomic E-state index is 11.6. The van der Waals surface area contributed by atoms with Crippen molar-refractivity contribution < 1.29 is 8.42 Å². The van der Waals surface area contributed by atoms with Crippen LogP contribution in [0.15, 0.2) is 59.9 Å². The van der Waals surface area contributed by atoms with E-state index in [0.717, 1.165) is 22.5 Å². The fraction of sp³-hybridized carbons (Fsp3) is 0.118. The first-order valence-electron chi connectivity index (χ1n) is 6.95. The number of halogens is 1. The van der Waals surface area contributed by atoms with E-state index in [1.807, 2.05) is 29.7 Å². The molecule has 4 nitrogen and oxygen atoms in total. The molecule has 1 aromatic heterocycles. The van der Waals surface area contributed by atoms with Crippen molar-refractivity contribution in [1.29, 1.82) is 0 Å². The Bertz CT molecular complexity index is 961. The number of nitrogens with zero attached hydrogens (tertiary/aromatic N) is 2. The highest BCUT2D eigenvalue weighted by Crippen LogP contribution is 2.27. The summed E-state index contributed by atoms with van der Waals surface area (Å²) in [6.45, 7) is 1.95. The Balaban J connectivity index is 2.05. The summed E-state index contributed by atoms with van der Waals surface area (Å²) < 4.78 is 25.0. The van der Waals surface area contributed by atoms with Gasteiger partial charge in [0.05, 0.1) is 23.1 Å². The Hall–Kier alpha value is -2.11. The number of sulfone groups is 1. The molecule has 0 radical (unpaired) electrons. The molecule has 2 aromatic carbocycles. The van der Waals surface area contributed by atoms with E-state index < -0.39 is 9.84 Å². The molecule has 0 bridgehead atoms. The van der Waals surface area contributed by atoms with Crippen LogP contribution in [-0.4, -0.2) is 24.2 Å². The lowest BCUT2D eigenvalue weighted by Crippen LogP contribution is -1.99. The third-order valence-electron chi connectivity index (χ3n) is 3.65. The molecule has 0 N–H and O–H groups in total. The van der Waals surface area contributed by atoms with Gasteiger partial charge in [-0.2, -0.15) is 0 Å². The minimum absolute atomic E-state index is 0.293. The number of aryl methyl sites for hydroxylation is 1. The predicted octanol–water partition coefficient (Wildman–Crippen LogP) is 3.90. The van der Waals surface area contributed by atoms with E-state index >= 15 is 0 Å². The fourth-order valence-corrected chi connectivity index (χ4v) is 3.13. The van der Waals surface area contributed by atoms with Crippen LogP contribution in [0.1, 0.15) is 5.56 Å². The number of rotatable bonds is 3. The molecule has 118 valence electrons. The highest BCUT2D eigenvalue weighted by atomic mass is 35.5. The van der Waals surface area contributed by atoms with E-state index in [0.29, 0.717) is 9.92 Å². The second-order valence-electron chi connectivity index (χ2n) is 5.38. The summed E-state index contributed by atoms with van der Waals surface area (Å²) in [6, 6.07) is 12.6. The van der Waals surface area contributed by atoms with Gasteiger partial charge in [0.25, 0.3) is 0 Å². The highest BCUT2D eigenvalue weighted by Gasteiger charge is 2.10. The number of imidazole rings is 1. The Kier molecular flexibility index (Phi) is 4.00. The zero-order valence-corrected chi connectivity index (χ0v) is 14.3. The van der Waals surface area contributed by atoms with E-state index in [1.165, 1.54) is 6.26 Å². The maximum Gasteiger partial charge on any atom is 0.175 e. The Morgan fingerprint density at radius 3 is 2.39 bits per heavy atom. The third-order valence-corrected chi connectivity index (χ3v) is 5.18. The molecule has 0 amide bonds. The van der Waals surface area contributed by atoms with Gasteiger partial charge in [-0.25, -0.2) is 13.4 Å². The van der Waals surface area contributed by atoms with Crippen LogP contribution in [0.4, 0.5) is 0 Å². The lowest BCUT2D eigenvalue weighted by molar-refractivity contribution is 0.602. The number of benzene rings is 2. The molecular weight excluding hydrogens is 332 g/mol. The van der Waals surface area contributed by atoms with Crippen LogP contribution in [-0.2, 0) is 9.84 Å². The van der Waals surface area contributed by atoms with E-state index in [1.54, 1.807) is 36.8 Å². The average molecular weight is 347 g/mol. The summed E-state index contributed by atoms with van der Waals surface area (Å²) in [5.41, 5.74) is 3.69. The predicted molar refractivity (Wildman–Crippen MR) is 91.9 cm³/mol. The van der Waals surface area contributed by atoms with Crippen LogP contribution >= 0.6 is 11.6 Å². The van der Waals surface area contributed by atoms with Crippen molar-refractivity contribution in [1.82, 2.24) is 9.55 Å². The summed E-state index contributed by atoms with van der Waals surface area (Å²) in [5, 5.41) is 0.697. The van der Waals surface area contributed by atoms with Crippen LogP contribution < -0.4 is 0 Å². The zero-order valence-electron chi connectivity index (χ0n) is 12.7. The fourth-order valence-electron chi connectivity index (χ4n) is 2.32. The molecule has 0 spiro atoms. The van der Waals surface area contributed by atoms with E-state index in [4.69, 9.17) is 11.6 Å². The van der Waals surface area contributed by atoms with Gasteiger partial charge < -0.3 is 0 Å². The van der Waals surface area contributed by atoms with Gasteiger partial charge in [0.1, 0.15) is 0 Å². The largest absolute Gasteiger partial charge is 0.299 e. The van der Waals surface area contributed by atoms with Gasteiger partial charge >= 0.3 is 0 Å². The van der Waals surface area contributed by atoms with Crippen molar-refractivity contribution in [2.75, 3.05) is 6.26 Å². The molecule has 23 heavy (non-hydrogen) atoms. The van der Waals surface area contributed by atoms with Crippen LogP contribution in [0.25, 0.3) is 16.9 Å². The van der Waals surface area contributed by atoms with E-state index in [-0.39, 0.29) is 0 Å². The van der Waals surface area contributed by atoms with E-state index in [9.17, 15) is 8.42 Å². The molecule has 0 aliphatic rings. The van der Waals surface area contributed by atoms with Gasteiger partial charge in [-0.3, -0.25) is 4.57 Å². The molecule has 3 aromatic rings. The summed E-state index contributed by atoms with van der Waals surface area (Å²) >= 11 is 6.20. The summed E-state index contributed by atoms with van der Waals surface area (Å²) in [5.74, 6) is 0. The average Bonchev–Trinajstić information content (AvgIpc) is 2.99. The first-order chi connectivity index (χ1) is 10.9. The van der Waals surface area contributed by atoms with Crippen molar-refractivity contribution in [2.45, 2.75) is 11.8 Å². The SMILES string of the molecule is Cc1ccc(-c2cncn2-c2ccc(S(C)(=O)=O)cc2)cc1Cl. The smallest absolute Gasteiger partial charge is 0.175 e. The molecule has 0 saturated carbocycles. The molecule has 0 unspecified atom stereocenters. The van der Waals surface area contributed by atoms with Gasteiger partial charge in [0.2, 0.25) is 0 Å². The first-order valence-corrected chi connectivity index (χ1v) is 9.22. The van der Waals surface area contributed by atoms with E-state index in [2.05, 4.69) is 4.98 Å². The van der Waals surface area contributed by atoms with Crippen LogP contribution in [0.2, 0.25) is 5.02 Å². The van der Waals surface area contributed by atoms with Crippen molar-refractivity contribution in [2.24, 2.45) is 0 Å². The standard InChI is InChI=1S/C17H15ClN2O2S/c1-12-3-4-13(9-16(12)18)17-10-19-11-20(17)14-5-7-15(8-6-14)23(2,21)22/h3-11H,1-2H3. The summed E-state index contributed by atoms with van der Waals surface area (Å²) in [4.78, 5) is 4.49. The Morgan fingerprint density at radius 1 is 1.09 bits per heavy atom. The van der Waals surface area contributed by atoms with Gasteiger partial charge in [-0.15, -0.1) is 0 Å². The molecule has 1 heterocycles. The third kappa shape index (κ3) is 3.16. The van der Waals surface area contributed by atoms with Crippen molar-refractivity contribution in [3.63, 3.8) is 0 Å². The summed E-state index contributed by atoms with van der Waals surface area (Å²) in [6.07, 6.45) is 4.64. The van der Waals surface area contributed by atoms with Gasteiger partial charge in [-0.1, -0.05) is 23.7 Å². The molecule has 0 saturated heterocycles. The van der Waals surface area contributed by atoms with Crippen LogP contribution in [0.5, 0.6) is 0 Å². The minimum atomic E-state index is -3.20. The quantitative estimate of drug-likeness (QED) is 0.722. The van der Waals surface area contributed by atoms with Crippen molar-refractivity contribution >= 4 is 21.4 Å². The second kappa shape index (κ2) is 5.83. The van der Waals surface area contributed by atoms with Gasteiger partial charge in [0.15, 0.2) is 9.84 Å². The molecule has 0 aliphatic carbocycles. The van der Waals surface area contributed by atoms with Crippen LogP contribution in [0.3, 0.4) is 0 Å². The molecule has 3 rings (SSSR count). The molecule has 0 aliphatic heterocycles.